The van der Waals surface area contributed by atoms with Gasteiger partial charge in [-0.15, -0.1) is 0 Å². The number of hydrogen-bond acceptors (Lipinski definition) is 3. The normalized spacial score (nSPS) is 18.1. The van der Waals surface area contributed by atoms with Crippen LogP contribution in [0.15, 0.2) is 24.3 Å². The molecule has 0 saturated carbocycles. The second-order valence-electron chi connectivity index (χ2n) is 5.04. The van der Waals surface area contributed by atoms with E-state index in [0.29, 0.717) is 30.1 Å². The number of benzene rings is 1. The van der Waals surface area contributed by atoms with E-state index in [1.165, 1.54) is 0 Å². The lowest BCUT2D eigenvalue weighted by molar-refractivity contribution is -0.131. The van der Waals surface area contributed by atoms with Gasteiger partial charge in [0.05, 0.1) is 12.2 Å². The van der Waals surface area contributed by atoms with Crippen LogP contribution < -0.4 is 11.1 Å². The molecule has 106 valence electrons. The molecule has 1 aromatic rings. The van der Waals surface area contributed by atoms with Crippen molar-refractivity contribution in [3.05, 3.63) is 29.8 Å². The Morgan fingerprint density at radius 2 is 2.20 bits per heavy atom. The molecule has 6 heteroatoms. The summed E-state index contributed by atoms with van der Waals surface area (Å²) >= 11 is 4.94. The van der Waals surface area contributed by atoms with Crippen LogP contribution in [0.3, 0.4) is 0 Å². The van der Waals surface area contributed by atoms with E-state index >= 15 is 0 Å². The number of likely N-dealkylation sites (tertiary alicyclic amines) is 1. The van der Waals surface area contributed by atoms with Gasteiger partial charge in [-0.25, -0.2) is 0 Å². The Bertz CT molecular complexity index is 559. The Kier molecular flexibility index (Phi) is 4.34. The molecule has 0 spiro atoms. The lowest BCUT2D eigenvalue weighted by atomic mass is 10.2. The fourth-order valence-electron chi connectivity index (χ4n) is 2.29. The monoisotopic (exact) mass is 291 g/mol. The summed E-state index contributed by atoms with van der Waals surface area (Å²) in [6.07, 6.45) is 0.511. The number of nitrogens with two attached hydrogens (primary N) is 1. The van der Waals surface area contributed by atoms with E-state index in [4.69, 9.17) is 18.0 Å². The molecule has 20 heavy (non-hydrogen) atoms. The SMILES string of the molecule is CC1CC(=O)N(CC(=O)Nc2ccccc2C(N)=S)C1. The van der Waals surface area contributed by atoms with Crippen LogP contribution in [0.2, 0.25) is 0 Å². The fraction of sp³-hybridized carbons (Fsp3) is 0.357. The van der Waals surface area contributed by atoms with E-state index in [1.54, 1.807) is 29.2 Å². The van der Waals surface area contributed by atoms with E-state index in [2.05, 4.69) is 5.32 Å². The second kappa shape index (κ2) is 6.00. The maximum absolute atomic E-state index is 12.0. The fourth-order valence-corrected chi connectivity index (χ4v) is 2.47. The Labute approximate surface area is 123 Å². The second-order valence-corrected chi connectivity index (χ2v) is 5.48. The summed E-state index contributed by atoms with van der Waals surface area (Å²) in [5.41, 5.74) is 6.81. The average molecular weight is 291 g/mol. The number of amides is 2. The topological polar surface area (TPSA) is 75.4 Å². The van der Waals surface area contributed by atoms with Crippen LogP contribution >= 0.6 is 12.2 Å². The Morgan fingerprint density at radius 3 is 2.80 bits per heavy atom. The number of carbonyl (C=O) groups is 2. The molecule has 2 amide bonds. The van der Waals surface area contributed by atoms with Gasteiger partial charge in [0.2, 0.25) is 11.8 Å². The van der Waals surface area contributed by atoms with E-state index in [9.17, 15) is 9.59 Å². The van der Waals surface area contributed by atoms with Crippen LogP contribution in [0.5, 0.6) is 0 Å². The number of rotatable bonds is 4. The first-order valence-electron chi connectivity index (χ1n) is 6.44. The number of para-hydroxylation sites is 1. The molecule has 0 radical (unpaired) electrons. The Balaban J connectivity index is 2.02. The lowest BCUT2D eigenvalue weighted by Gasteiger charge is -2.16. The number of hydrogen-bond donors (Lipinski definition) is 2. The van der Waals surface area contributed by atoms with E-state index in [-0.39, 0.29) is 23.3 Å². The van der Waals surface area contributed by atoms with Gasteiger partial charge in [0.1, 0.15) is 4.99 Å². The maximum atomic E-state index is 12.0. The number of thiocarbonyl (C=S) groups is 1. The third-order valence-corrected chi connectivity index (χ3v) is 3.43. The molecule has 0 aliphatic carbocycles. The highest BCUT2D eigenvalue weighted by atomic mass is 32.1. The molecule has 0 aromatic heterocycles. The minimum atomic E-state index is -0.240. The zero-order valence-corrected chi connectivity index (χ0v) is 12.1. The minimum absolute atomic E-state index is 0.0234. The Hall–Kier alpha value is -1.95. The molecule has 1 heterocycles. The molecule has 1 aliphatic heterocycles. The molecule has 1 unspecified atom stereocenters. The molecule has 0 bridgehead atoms. The molecule has 1 aromatic carbocycles. The van der Waals surface area contributed by atoms with Gasteiger partial charge in [0.15, 0.2) is 0 Å². The highest BCUT2D eigenvalue weighted by Gasteiger charge is 2.27. The molecule has 3 N–H and O–H groups in total. The lowest BCUT2D eigenvalue weighted by Crippen LogP contribution is -2.34. The third kappa shape index (κ3) is 3.33. The van der Waals surface area contributed by atoms with Crippen molar-refractivity contribution in [2.45, 2.75) is 13.3 Å². The molecule has 1 saturated heterocycles. The molecule has 1 aliphatic rings. The molecular formula is C14H17N3O2S. The first-order valence-corrected chi connectivity index (χ1v) is 6.84. The molecule has 5 nitrogen and oxygen atoms in total. The van der Waals surface area contributed by atoms with Crippen LogP contribution in [0.1, 0.15) is 18.9 Å². The van der Waals surface area contributed by atoms with Gasteiger partial charge in [-0.05, 0) is 18.1 Å². The predicted molar refractivity (Wildman–Crippen MR) is 81.3 cm³/mol. The average Bonchev–Trinajstić information content (AvgIpc) is 2.68. The van der Waals surface area contributed by atoms with E-state index in [0.717, 1.165) is 0 Å². The standard InChI is InChI=1S/C14H17N3O2S/c1-9-6-13(19)17(7-9)8-12(18)16-11-5-3-2-4-10(11)14(15)20/h2-5,9H,6-8H2,1H3,(H2,15,20)(H,16,18). The summed E-state index contributed by atoms with van der Waals surface area (Å²) in [5.74, 6) is 0.0886. The predicted octanol–water partition coefficient (Wildman–Crippen LogP) is 1.13. The molecular weight excluding hydrogens is 274 g/mol. The summed E-state index contributed by atoms with van der Waals surface area (Å²) in [4.78, 5) is 25.5. The highest BCUT2D eigenvalue weighted by Crippen LogP contribution is 2.18. The van der Waals surface area contributed by atoms with Crippen molar-refractivity contribution in [1.29, 1.82) is 0 Å². The number of anilines is 1. The van der Waals surface area contributed by atoms with Gasteiger partial charge in [-0.2, -0.15) is 0 Å². The van der Waals surface area contributed by atoms with Crippen LogP contribution in [0, 0.1) is 5.92 Å². The number of carbonyl (C=O) groups excluding carboxylic acids is 2. The summed E-state index contributed by atoms with van der Waals surface area (Å²) in [7, 11) is 0. The zero-order chi connectivity index (χ0) is 14.7. The smallest absolute Gasteiger partial charge is 0.244 e. The van der Waals surface area contributed by atoms with Crippen LogP contribution in [-0.2, 0) is 9.59 Å². The van der Waals surface area contributed by atoms with Gasteiger partial charge in [0.25, 0.3) is 0 Å². The van der Waals surface area contributed by atoms with Gasteiger partial charge in [-0.3, -0.25) is 9.59 Å². The van der Waals surface area contributed by atoms with Crippen molar-refractivity contribution < 1.29 is 9.59 Å². The van der Waals surface area contributed by atoms with E-state index in [1.807, 2.05) is 6.92 Å². The first kappa shape index (κ1) is 14.5. The van der Waals surface area contributed by atoms with Crippen LogP contribution in [0.25, 0.3) is 0 Å². The summed E-state index contributed by atoms with van der Waals surface area (Å²) < 4.78 is 0. The first-order chi connectivity index (χ1) is 9.47. The van der Waals surface area contributed by atoms with Crippen molar-refractivity contribution >= 4 is 34.7 Å². The minimum Gasteiger partial charge on any atom is -0.389 e. The maximum Gasteiger partial charge on any atom is 0.244 e. The van der Waals surface area contributed by atoms with Gasteiger partial charge < -0.3 is 16.0 Å². The van der Waals surface area contributed by atoms with Crippen molar-refractivity contribution in [2.75, 3.05) is 18.4 Å². The molecule has 1 atom stereocenters. The third-order valence-electron chi connectivity index (χ3n) is 3.21. The summed E-state index contributed by atoms with van der Waals surface area (Å²) in [5, 5.41) is 2.75. The van der Waals surface area contributed by atoms with Crippen LogP contribution in [-0.4, -0.2) is 34.8 Å². The highest BCUT2D eigenvalue weighted by molar-refractivity contribution is 7.80. The van der Waals surface area contributed by atoms with Crippen molar-refractivity contribution in [3.63, 3.8) is 0 Å². The van der Waals surface area contributed by atoms with Crippen LogP contribution in [0.4, 0.5) is 5.69 Å². The van der Waals surface area contributed by atoms with Crippen molar-refractivity contribution in [3.8, 4) is 0 Å². The molecule has 1 fully saturated rings. The summed E-state index contributed by atoms with van der Waals surface area (Å²) in [6.45, 7) is 2.69. The quantitative estimate of drug-likeness (QED) is 0.815. The van der Waals surface area contributed by atoms with Gasteiger partial charge in [0, 0.05) is 18.5 Å². The summed E-state index contributed by atoms with van der Waals surface area (Å²) in [6, 6.07) is 7.08. The number of nitrogens with zero attached hydrogens (tertiary/aromatic N) is 1. The largest absolute Gasteiger partial charge is 0.389 e. The zero-order valence-electron chi connectivity index (χ0n) is 11.3. The van der Waals surface area contributed by atoms with Crippen molar-refractivity contribution in [1.82, 2.24) is 4.90 Å². The van der Waals surface area contributed by atoms with Crippen molar-refractivity contribution in [2.24, 2.45) is 11.7 Å². The van der Waals surface area contributed by atoms with Gasteiger partial charge in [-0.1, -0.05) is 31.3 Å². The Morgan fingerprint density at radius 1 is 1.50 bits per heavy atom. The van der Waals surface area contributed by atoms with E-state index < -0.39 is 0 Å². The van der Waals surface area contributed by atoms with Gasteiger partial charge >= 0.3 is 0 Å². The molecule has 2 rings (SSSR count). The number of nitrogens with one attached hydrogen (secondary N) is 1.